The topological polar surface area (TPSA) is 74.0 Å². The van der Waals surface area contributed by atoms with Crippen LogP contribution in [0.1, 0.15) is 13.8 Å². The predicted molar refractivity (Wildman–Crippen MR) is 65.1 cm³/mol. The summed E-state index contributed by atoms with van der Waals surface area (Å²) in [6, 6.07) is 0. The highest BCUT2D eigenvalue weighted by molar-refractivity contribution is 5.81. The van der Waals surface area contributed by atoms with Crippen LogP contribution in [-0.4, -0.2) is 68.1 Å². The normalized spacial score (nSPS) is 32.3. The van der Waals surface area contributed by atoms with E-state index in [0.29, 0.717) is 39.5 Å². The first-order chi connectivity index (χ1) is 8.52. The third-order valence-electron chi connectivity index (χ3n) is 3.15. The molecule has 0 aliphatic carbocycles. The molecule has 0 aromatic carbocycles. The van der Waals surface area contributed by atoms with Crippen LogP contribution in [0.15, 0.2) is 0 Å². The second-order valence-electron chi connectivity index (χ2n) is 5.39. The van der Waals surface area contributed by atoms with Gasteiger partial charge in [-0.1, -0.05) is 0 Å². The van der Waals surface area contributed by atoms with Crippen LogP contribution in [0.2, 0.25) is 0 Å². The van der Waals surface area contributed by atoms with Crippen LogP contribution in [0.4, 0.5) is 0 Å². The van der Waals surface area contributed by atoms with E-state index in [0.717, 1.165) is 0 Å². The number of amides is 1. The lowest BCUT2D eigenvalue weighted by Crippen LogP contribution is -2.59. The SMILES string of the molecule is CC1(C)CN(C(=O)C2COCCO2)CC(CN)O1. The fraction of sp³-hybridized carbons (Fsp3) is 0.917. The van der Waals surface area contributed by atoms with Crippen LogP contribution in [-0.2, 0) is 19.0 Å². The molecule has 0 aromatic heterocycles. The maximum atomic E-state index is 12.3. The minimum Gasteiger partial charge on any atom is -0.376 e. The van der Waals surface area contributed by atoms with E-state index in [2.05, 4.69) is 0 Å². The molecule has 2 rings (SSSR count). The van der Waals surface area contributed by atoms with Crippen molar-refractivity contribution in [2.75, 3.05) is 39.5 Å². The third kappa shape index (κ3) is 3.20. The van der Waals surface area contributed by atoms with Crippen molar-refractivity contribution in [2.24, 2.45) is 5.73 Å². The molecule has 2 aliphatic heterocycles. The van der Waals surface area contributed by atoms with Crippen molar-refractivity contribution < 1.29 is 19.0 Å². The van der Waals surface area contributed by atoms with Gasteiger partial charge in [-0.2, -0.15) is 0 Å². The van der Waals surface area contributed by atoms with Gasteiger partial charge in [0, 0.05) is 19.6 Å². The average Bonchev–Trinajstić information content (AvgIpc) is 2.37. The molecule has 0 saturated carbocycles. The first kappa shape index (κ1) is 13.7. The van der Waals surface area contributed by atoms with Crippen molar-refractivity contribution in [3.63, 3.8) is 0 Å². The summed E-state index contributed by atoms with van der Waals surface area (Å²) >= 11 is 0. The zero-order valence-corrected chi connectivity index (χ0v) is 11.1. The molecule has 0 radical (unpaired) electrons. The standard InChI is InChI=1S/C12H22N2O4/c1-12(2)8-14(6-9(5-13)18-12)11(15)10-7-16-3-4-17-10/h9-10H,3-8,13H2,1-2H3. The summed E-state index contributed by atoms with van der Waals surface area (Å²) in [7, 11) is 0. The Morgan fingerprint density at radius 2 is 2.22 bits per heavy atom. The molecular weight excluding hydrogens is 236 g/mol. The van der Waals surface area contributed by atoms with Gasteiger partial charge in [-0.05, 0) is 13.8 Å². The highest BCUT2D eigenvalue weighted by Gasteiger charge is 2.38. The Kier molecular flexibility index (Phi) is 4.21. The molecule has 2 unspecified atom stereocenters. The van der Waals surface area contributed by atoms with Gasteiger partial charge in [0.25, 0.3) is 5.91 Å². The average molecular weight is 258 g/mol. The van der Waals surface area contributed by atoms with Gasteiger partial charge in [-0.25, -0.2) is 0 Å². The summed E-state index contributed by atoms with van der Waals surface area (Å²) in [6.07, 6.45) is -0.590. The van der Waals surface area contributed by atoms with E-state index in [1.165, 1.54) is 0 Å². The number of ether oxygens (including phenoxy) is 3. The third-order valence-corrected chi connectivity index (χ3v) is 3.15. The Morgan fingerprint density at radius 1 is 1.44 bits per heavy atom. The van der Waals surface area contributed by atoms with Crippen molar-refractivity contribution in [1.82, 2.24) is 4.90 Å². The lowest BCUT2D eigenvalue weighted by molar-refractivity contribution is -0.178. The number of morpholine rings is 1. The maximum absolute atomic E-state index is 12.3. The molecule has 1 amide bonds. The molecule has 2 N–H and O–H groups in total. The number of hydrogen-bond donors (Lipinski definition) is 1. The van der Waals surface area contributed by atoms with Crippen LogP contribution in [0.5, 0.6) is 0 Å². The molecule has 6 heteroatoms. The van der Waals surface area contributed by atoms with E-state index in [9.17, 15) is 4.79 Å². The van der Waals surface area contributed by atoms with E-state index in [4.69, 9.17) is 19.9 Å². The Morgan fingerprint density at radius 3 is 2.83 bits per heavy atom. The fourth-order valence-corrected chi connectivity index (χ4v) is 2.42. The molecule has 2 aliphatic rings. The number of nitrogens with two attached hydrogens (primary N) is 1. The Labute approximate surface area is 107 Å². The van der Waals surface area contributed by atoms with Crippen molar-refractivity contribution in [3.05, 3.63) is 0 Å². The van der Waals surface area contributed by atoms with Crippen molar-refractivity contribution in [1.29, 1.82) is 0 Å². The van der Waals surface area contributed by atoms with E-state index >= 15 is 0 Å². The molecule has 6 nitrogen and oxygen atoms in total. The summed E-state index contributed by atoms with van der Waals surface area (Å²) in [5.74, 6) is -0.0236. The smallest absolute Gasteiger partial charge is 0.254 e. The van der Waals surface area contributed by atoms with Crippen LogP contribution >= 0.6 is 0 Å². The van der Waals surface area contributed by atoms with Gasteiger partial charge in [-0.3, -0.25) is 4.79 Å². The molecule has 0 bridgehead atoms. The van der Waals surface area contributed by atoms with Gasteiger partial charge in [0.05, 0.1) is 31.5 Å². The molecule has 2 atom stereocenters. The van der Waals surface area contributed by atoms with E-state index < -0.39 is 6.10 Å². The second-order valence-corrected chi connectivity index (χ2v) is 5.39. The predicted octanol–water partition coefficient (Wildman–Crippen LogP) is -0.633. The van der Waals surface area contributed by atoms with Gasteiger partial charge in [0.15, 0.2) is 6.10 Å². The molecule has 104 valence electrons. The molecule has 2 fully saturated rings. The lowest BCUT2D eigenvalue weighted by atomic mass is 10.0. The molecular formula is C12H22N2O4. The number of nitrogens with zero attached hydrogens (tertiary/aromatic N) is 1. The van der Waals surface area contributed by atoms with Gasteiger partial charge in [-0.15, -0.1) is 0 Å². The number of carbonyl (C=O) groups is 1. The molecule has 18 heavy (non-hydrogen) atoms. The maximum Gasteiger partial charge on any atom is 0.254 e. The number of hydrogen-bond acceptors (Lipinski definition) is 5. The number of rotatable bonds is 2. The summed E-state index contributed by atoms with van der Waals surface area (Å²) < 4.78 is 16.5. The highest BCUT2D eigenvalue weighted by Crippen LogP contribution is 2.21. The van der Waals surface area contributed by atoms with Crippen LogP contribution in [0.25, 0.3) is 0 Å². The zero-order chi connectivity index (χ0) is 13.2. The Bertz CT molecular complexity index is 302. The van der Waals surface area contributed by atoms with Gasteiger partial charge in [0.2, 0.25) is 0 Å². The Balaban J connectivity index is 1.99. The first-order valence-electron chi connectivity index (χ1n) is 6.38. The van der Waals surface area contributed by atoms with Crippen LogP contribution in [0, 0.1) is 0 Å². The summed E-state index contributed by atoms with van der Waals surface area (Å²) in [6.45, 7) is 6.80. The molecule has 2 saturated heterocycles. The van der Waals surface area contributed by atoms with Crippen molar-refractivity contribution in [2.45, 2.75) is 31.7 Å². The second kappa shape index (κ2) is 5.52. The van der Waals surface area contributed by atoms with E-state index in [-0.39, 0.29) is 17.6 Å². The van der Waals surface area contributed by atoms with Gasteiger partial charge in [0.1, 0.15) is 0 Å². The quantitative estimate of drug-likeness (QED) is 0.713. The summed E-state index contributed by atoms with van der Waals surface area (Å²) in [5, 5.41) is 0. The van der Waals surface area contributed by atoms with Gasteiger partial charge < -0.3 is 24.8 Å². The zero-order valence-electron chi connectivity index (χ0n) is 11.1. The minimum absolute atomic E-state index is 0.0236. The van der Waals surface area contributed by atoms with Gasteiger partial charge >= 0.3 is 0 Å². The largest absolute Gasteiger partial charge is 0.376 e. The lowest BCUT2D eigenvalue weighted by Gasteiger charge is -2.43. The van der Waals surface area contributed by atoms with E-state index in [1.807, 2.05) is 13.8 Å². The monoisotopic (exact) mass is 258 g/mol. The van der Waals surface area contributed by atoms with Crippen molar-refractivity contribution >= 4 is 5.91 Å². The van der Waals surface area contributed by atoms with Crippen LogP contribution < -0.4 is 5.73 Å². The number of carbonyl (C=O) groups excluding carboxylic acids is 1. The summed E-state index contributed by atoms with van der Waals surface area (Å²) in [5.41, 5.74) is 5.28. The molecule has 2 heterocycles. The van der Waals surface area contributed by atoms with Crippen LogP contribution in [0.3, 0.4) is 0 Å². The highest BCUT2D eigenvalue weighted by atomic mass is 16.6. The van der Waals surface area contributed by atoms with E-state index in [1.54, 1.807) is 4.90 Å². The van der Waals surface area contributed by atoms with Crippen molar-refractivity contribution in [3.8, 4) is 0 Å². The Hall–Kier alpha value is -0.690. The molecule has 0 aromatic rings. The fourth-order valence-electron chi connectivity index (χ4n) is 2.42. The minimum atomic E-state index is -0.480. The summed E-state index contributed by atoms with van der Waals surface area (Å²) in [4.78, 5) is 14.1. The molecule has 0 spiro atoms. The first-order valence-corrected chi connectivity index (χ1v) is 6.38.